The maximum atomic E-state index is 10.6. The second kappa shape index (κ2) is 3.69. The van der Waals surface area contributed by atoms with Crippen molar-refractivity contribution in [1.29, 1.82) is 0 Å². The molecule has 0 aliphatic heterocycles. The standard InChI is InChI=1S/C7H6N2O5/c1-14-6-4(7(10)11)2-8-3-5(6)9(12)13/h2-3H,1H3,(H,10,11). The van der Waals surface area contributed by atoms with Gasteiger partial charge in [-0.1, -0.05) is 0 Å². The molecule has 14 heavy (non-hydrogen) atoms. The summed E-state index contributed by atoms with van der Waals surface area (Å²) in [6.07, 6.45) is 1.93. The van der Waals surface area contributed by atoms with Crippen LogP contribution in [0, 0.1) is 10.1 Å². The number of carboxylic acid groups (broad SMARTS) is 1. The highest BCUT2D eigenvalue weighted by Crippen LogP contribution is 2.28. The summed E-state index contributed by atoms with van der Waals surface area (Å²) in [5.41, 5.74) is -0.797. The highest BCUT2D eigenvalue weighted by Gasteiger charge is 2.22. The molecule has 0 unspecified atom stereocenters. The van der Waals surface area contributed by atoms with Crippen molar-refractivity contribution in [2.24, 2.45) is 0 Å². The summed E-state index contributed by atoms with van der Waals surface area (Å²) in [5.74, 6) is -1.62. The summed E-state index contributed by atoms with van der Waals surface area (Å²) < 4.78 is 4.64. The minimum Gasteiger partial charge on any atom is -0.489 e. The van der Waals surface area contributed by atoms with Crippen molar-refractivity contribution in [3.8, 4) is 5.75 Å². The smallest absolute Gasteiger partial charge is 0.341 e. The fourth-order valence-corrected chi connectivity index (χ4v) is 0.935. The molecule has 7 nitrogen and oxygen atoms in total. The minimum absolute atomic E-state index is 0.294. The molecule has 0 fully saturated rings. The predicted octanol–water partition coefficient (Wildman–Crippen LogP) is 0.697. The Morgan fingerprint density at radius 3 is 2.71 bits per heavy atom. The second-order valence-corrected chi connectivity index (χ2v) is 2.30. The lowest BCUT2D eigenvalue weighted by Crippen LogP contribution is -2.04. The molecule has 1 heterocycles. The van der Waals surface area contributed by atoms with E-state index in [4.69, 9.17) is 5.11 Å². The Labute approximate surface area is 78.1 Å². The van der Waals surface area contributed by atoms with E-state index in [0.29, 0.717) is 0 Å². The average Bonchev–Trinajstić information content (AvgIpc) is 2.16. The Bertz CT molecular complexity index is 357. The van der Waals surface area contributed by atoms with Crippen LogP contribution in [0.3, 0.4) is 0 Å². The second-order valence-electron chi connectivity index (χ2n) is 2.30. The van der Waals surface area contributed by atoms with E-state index in [1.54, 1.807) is 0 Å². The third kappa shape index (κ3) is 1.60. The van der Waals surface area contributed by atoms with E-state index in [1.807, 2.05) is 0 Å². The summed E-state index contributed by atoms with van der Waals surface area (Å²) >= 11 is 0. The van der Waals surface area contributed by atoms with Gasteiger partial charge in [0.05, 0.1) is 12.0 Å². The van der Waals surface area contributed by atoms with E-state index in [1.165, 1.54) is 0 Å². The number of aromatic nitrogens is 1. The van der Waals surface area contributed by atoms with Crippen molar-refractivity contribution in [2.45, 2.75) is 0 Å². The third-order valence-corrected chi connectivity index (χ3v) is 1.51. The molecule has 7 heteroatoms. The van der Waals surface area contributed by atoms with Crippen molar-refractivity contribution in [3.63, 3.8) is 0 Å². The number of hydrogen-bond acceptors (Lipinski definition) is 5. The SMILES string of the molecule is COc1c(C(=O)O)cncc1[N+](=O)[O-]. The van der Waals surface area contributed by atoms with Gasteiger partial charge in [0.1, 0.15) is 11.8 Å². The number of carboxylic acids is 1. The number of methoxy groups -OCH3 is 1. The van der Waals surface area contributed by atoms with Gasteiger partial charge in [-0.15, -0.1) is 0 Å². The van der Waals surface area contributed by atoms with E-state index in [0.717, 1.165) is 19.5 Å². The lowest BCUT2D eigenvalue weighted by Gasteiger charge is -2.03. The van der Waals surface area contributed by atoms with Crippen LogP contribution in [0.25, 0.3) is 0 Å². The van der Waals surface area contributed by atoms with E-state index < -0.39 is 16.6 Å². The number of rotatable bonds is 3. The van der Waals surface area contributed by atoms with Crippen molar-refractivity contribution >= 4 is 11.7 Å². The Balaban J connectivity index is 3.39. The Morgan fingerprint density at radius 2 is 2.29 bits per heavy atom. The van der Waals surface area contributed by atoms with Gasteiger partial charge in [0, 0.05) is 6.20 Å². The van der Waals surface area contributed by atoms with Crippen LogP contribution in [0.15, 0.2) is 12.4 Å². The number of hydrogen-bond donors (Lipinski definition) is 1. The molecule has 0 saturated carbocycles. The molecule has 74 valence electrons. The van der Waals surface area contributed by atoms with E-state index in [-0.39, 0.29) is 11.3 Å². The van der Waals surface area contributed by atoms with Crippen LogP contribution in [0.4, 0.5) is 5.69 Å². The number of nitro groups is 1. The molecule has 1 aromatic rings. The first kappa shape index (κ1) is 9.90. The van der Waals surface area contributed by atoms with Crippen LogP contribution in [-0.4, -0.2) is 28.1 Å². The van der Waals surface area contributed by atoms with E-state index in [2.05, 4.69) is 9.72 Å². The molecule has 1 aromatic heterocycles. The van der Waals surface area contributed by atoms with Crippen molar-refractivity contribution in [2.75, 3.05) is 7.11 Å². The van der Waals surface area contributed by atoms with E-state index >= 15 is 0 Å². The molecule has 1 N–H and O–H groups in total. The molecular weight excluding hydrogens is 192 g/mol. The molecule has 0 amide bonds. The van der Waals surface area contributed by atoms with Gasteiger partial charge in [0.25, 0.3) is 0 Å². The number of nitrogens with zero attached hydrogens (tertiary/aromatic N) is 2. The predicted molar refractivity (Wildman–Crippen MR) is 44.4 cm³/mol. The molecule has 0 bridgehead atoms. The van der Waals surface area contributed by atoms with Crippen molar-refractivity contribution in [1.82, 2.24) is 4.98 Å². The lowest BCUT2D eigenvalue weighted by atomic mass is 10.2. The highest BCUT2D eigenvalue weighted by atomic mass is 16.6. The fourth-order valence-electron chi connectivity index (χ4n) is 0.935. The Kier molecular flexibility index (Phi) is 2.61. The quantitative estimate of drug-likeness (QED) is 0.566. The first-order valence-corrected chi connectivity index (χ1v) is 3.47. The van der Waals surface area contributed by atoms with Gasteiger partial charge in [0.15, 0.2) is 0 Å². The molecule has 0 radical (unpaired) electrons. The van der Waals surface area contributed by atoms with Gasteiger partial charge < -0.3 is 9.84 Å². The first-order chi connectivity index (χ1) is 6.57. The molecular formula is C7H6N2O5. The zero-order chi connectivity index (χ0) is 10.7. The summed E-state index contributed by atoms with van der Waals surface area (Å²) in [7, 11) is 1.16. The van der Waals surface area contributed by atoms with Gasteiger partial charge in [0.2, 0.25) is 5.75 Å². The topological polar surface area (TPSA) is 103 Å². The average molecular weight is 198 g/mol. The molecule has 0 aliphatic rings. The third-order valence-electron chi connectivity index (χ3n) is 1.51. The zero-order valence-electron chi connectivity index (χ0n) is 7.13. The van der Waals surface area contributed by atoms with Gasteiger partial charge in [-0.05, 0) is 0 Å². The minimum atomic E-state index is -1.32. The lowest BCUT2D eigenvalue weighted by molar-refractivity contribution is -0.386. The summed E-state index contributed by atoms with van der Waals surface area (Å²) in [4.78, 5) is 23.7. The van der Waals surface area contributed by atoms with Gasteiger partial charge in [-0.3, -0.25) is 15.1 Å². The summed E-state index contributed by atoms with van der Waals surface area (Å²) in [6.45, 7) is 0. The van der Waals surface area contributed by atoms with Crippen LogP contribution < -0.4 is 4.74 Å². The van der Waals surface area contributed by atoms with Crippen molar-refractivity contribution in [3.05, 3.63) is 28.1 Å². The zero-order valence-corrected chi connectivity index (χ0v) is 7.13. The van der Waals surface area contributed by atoms with E-state index in [9.17, 15) is 14.9 Å². The summed E-state index contributed by atoms with van der Waals surface area (Å²) in [5, 5.41) is 19.1. The molecule has 0 aliphatic carbocycles. The normalized spacial score (nSPS) is 9.50. The maximum Gasteiger partial charge on any atom is 0.341 e. The summed E-state index contributed by atoms with van der Waals surface area (Å²) in [6, 6.07) is 0. The number of carbonyl (C=O) groups is 1. The molecule has 0 aromatic carbocycles. The molecule has 0 saturated heterocycles. The fraction of sp³-hybridized carbons (Fsp3) is 0.143. The number of ether oxygens (including phenoxy) is 1. The largest absolute Gasteiger partial charge is 0.489 e. The number of aromatic carboxylic acids is 1. The highest BCUT2D eigenvalue weighted by molar-refractivity contribution is 5.92. The molecule has 0 spiro atoms. The monoisotopic (exact) mass is 198 g/mol. The van der Waals surface area contributed by atoms with Gasteiger partial charge in [-0.25, -0.2) is 4.79 Å². The van der Waals surface area contributed by atoms with Gasteiger partial charge >= 0.3 is 11.7 Å². The van der Waals surface area contributed by atoms with Crippen LogP contribution in [0.2, 0.25) is 0 Å². The molecule has 1 rings (SSSR count). The Morgan fingerprint density at radius 1 is 1.64 bits per heavy atom. The molecule has 0 atom stereocenters. The van der Waals surface area contributed by atoms with Crippen LogP contribution in [-0.2, 0) is 0 Å². The van der Waals surface area contributed by atoms with Crippen LogP contribution in [0.5, 0.6) is 5.75 Å². The Hall–Kier alpha value is -2.18. The number of pyridine rings is 1. The van der Waals surface area contributed by atoms with Crippen LogP contribution in [0.1, 0.15) is 10.4 Å². The van der Waals surface area contributed by atoms with Crippen molar-refractivity contribution < 1.29 is 19.6 Å². The maximum absolute atomic E-state index is 10.6. The first-order valence-electron chi connectivity index (χ1n) is 3.47. The van der Waals surface area contributed by atoms with Gasteiger partial charge in [-0.2, -0.15) is 0 Å². The van der Waals surface area contributed by atoms with Crippen LogP contribution >= 0.6 is 0 Å².